The van der Waals surface area contributed by atoms with Gasteiger partial charge in [-0.25, -0.2) is 17.9 Å². The molecule has 2 heterocycles. The minimum atomic E-state index is -3.73. The van der Waals surface area contributed by atoms with Crippen LogP contribution in [0.4, 0.5) is 0 Å². The SMILES string of the molecule is O=C(O)c1cc(S(=O)(=O)NCc2cc[nH]c2)cn1C1CC1. The largest absolute Gasteiger partial charge is 0.477 e. The van der Waals surface area contributed by atoms with Crippen LogP contribution in [0.25, 0.3) is 0 Å². The normalized spacial score (nSPS) is 15.2. The van der Waals surface area contributed by atoms with Crippen molar-refractivity contribution in [1.82, 2.24) is 14.3 Å². The summed E-state index contributed by atoms with van der Waals surface area (Å²) in [4.78, 5) is 14.0. The third kappa shape index (κ3) is 2.86. The Kier molecular flexibility index (Phi) is 3.34. The fourth-order valence-corrected chi connectivity index (χ4v) is 3.20. The topological polar surface area (TPSA) is 104 Å². The van der Waals surface area contributed by atoms with Crippen molar-refractivity contribution in [2.24, 2.45) is 0 Å². The lowest BCUT2D eigenvalue weighted by molar-refractivity contribution is 0.0685. The Labute approximate surface area is 121 Å². The molecule has 1 aliphatic rings. The fraction of sp³-hybridized carbons (Fsp3) is 0.308. The number of H-pyrrole nitrogens is 1. The summed E-state index contributed by atoms with van der Waals surface area (Å²) in [7, 11) is -3.73. The summed E-state index contributed by atoms with van der Waals surface area (Å²) in [5.74, 6) is -1.12. The van der Waals surface area contributed by atoms with E-state index < -0.39 is 16.0 Å². The quantitative estimate of drug-likeness (QED) is 0.748. The molecule has 0 bridgehead atoms. The van der Waals surface area contributed by atoms with Gasteiger partial charge < -0.3 is 14.7 Å². The van der Waals surface area contributed by atoms with Gasteiger partial charge in [-0.05, 0) is 30.5 Å². The highest BCUT2D eigenvalue weighted by Crippen LogP contribution is 2.37. The number of carbonyl (C=O) groups is 1. The molecule has 0 spiro atoms. The summed E-state index contributed by atoms with van der Waals surface area (Å²) in [6.45, 7) is 0.156. The molecule has 1 fully saturated rings. The molecule has 21 heavy (non-hydrogen) atoms. The molecular formula is C13H15N3O4S. The molecule has 7 nitrogen and oxygen atoms in total. The van der Waals surface area contributed by atoms with Crippen molar-refractivity contribution in [2.45, 2.75) is 30.3 Å². The summed E-state index contributed by atoms with van der Waals surface area (Å²) in [6.07, 6.45) is 6.56. The molecule has 0 atom stereocenters. The molecule has 112 valence electrons. The number of hydrogen-bond donors (Lipinski definition) is 3. The van der Waals surface area contributed by atoms with E-state index in [1.807, 2.05) is 0 Å². The Hall–Kier alpha value is -2.06. The molecule has 0 unspecified atom stereocenters. The number of sulfonamides is 1. The monoisotopic (exact) mass is 309 g/mol. The van der Waals surface area contributed by atoms with E-state index in [-0.39, 0.29) is 23.2 Å². The third-order valence-electron chi connectivity index (χ3n) is 3.42. The van der Waals surface area contributed by atoms with E-state index in [4.69, 9.17) is 5.11 Å². The second-order valence-electron chi connectivity index (χ2n) is 5.05. The average Bonchev–Trinajstić information content (AvgIpc) is 2.97. The number of aromatic nitrogens is 2. The molecule has 2 aromatic rings. The van der Waals surface area contributed by atoms with Crippen LogP contribution >= 0.6 is 0 Å². The molecule has 2 aromatic heterocycles. The number of aromatic amines is 1. The maximum Gasteiger partial charge on any atom is 0.352 e. The number of hydrogen-bond acceptors (Lipinski definition) is 3. The van der Waals surface area contributed by atoms with Crippen molar-refractivity contribution in [3.8, 4) is 0 Å². The van der Waals surface area contributed by atoms with Crippen molar-refractivity contribution in [2.75, 3.05) is 0 Å². The van der Waals surface area contributed by atoms with Gasteiger partial charge in [0, 0.05) is 31.2 Å². The molecule has 8 heteroatoms. The highest BCUT2D eigenvalue weighted by atomic mass is 32.2. The number of aromatic carboxylic acids is 1. The molecule has 0 radical (unpaired) electrons. The van der Waals surface area contributed by atoms with Crippen LogP contribution in [0.15, 0.2) is 35.6 Å². The van der Waals surface area contributed by atoms with Gasteiger partial charge in [0.05, 0.1) is 0 Å². The zero-order valence-electron chi connectivity index (χ0n) is 11.1. The zero-order chi connectivity index (χ0) is 15.0. The number of nitrogens with one attached hydrogen (secondary N) is 2. The second-order valence-corrected chi connectivity index (χ2v) is 6.82. The van der Waals surface area contributed by atoms with Crippen LogP contribution in [-0.4, -0.2) is 29.0 Å². The van der Waals surface area contributed by atoms with Crippen molar-refractivity contribution >= 4 is 16.0 Å². The number of nitrogens with zero attached hydrogens (tertiary/aromatic N) is 1. The number of rotatable bonds is 6. The Bertz CT molecular complexity index is 757. The van der Waals surface area contributed by atoms with Crippen LogP contribution in [0.2, 0.25) is 0 Å². The van der Waals surface area contributed by atoms with Gasteiger partial charge in [0.25, 0.3) is 0 Å². The second kappa shape index (κ2) is 5.05. The standard InChI is InChI=1S/C13H15N3O4S/c17-13(18)12-5-11(8-16(12)10-1-2-10)21(19,20)15-7-9-3-4-14-6-9/h3-6,8,10,14-15H,1-2,7H2,(H,17,18). The van der Waals surface area contributed by atoms with E-state index in [1.54, 1.807) is 18.5 Å². The lowest BCUT2D eigenvalue weighted by atomic mass is 10.4. The van der Waals surface area contributed by atoms with E-state index in [1.165, 1.54) is 16.8 Å². The molecule has 0 aromatic carbocycles. The van der Waals surface area contributed by atoms with Crippen molar-refractivity contribution in [3.05, 3.63) is 42.0 Å². The lowest BCUT2D eigenvalue weighted by Gasteiger charge is -2.03. The first-order valence-electron chi connectivity index (χ1n) is 6.54. The predicted octanol–water partition coefficient (Wildman–Crippen LogP) is 1.33. The van der Waals surface area contributed by atoms with Gasteiger partial charge in [-0.1, -0.05) is 0 Å². The third-order valence-corrected chi connectivity index (χ3v) is 4.79. The summed E-state index contributed by atoms with van der Waals surface area (Å²) >= 11 is 0. The minimum absolute atomic E-state index is 0.0117. The van der Waals surface area contributed by atoms with Crippen molar-refractivity contribution in [3.63, 3.8) is 0 Å². The van der Waals surface area contributed by atoms with Crippen molar-refractivity contribution in [1.29, 1.82) is 0 Å². The first-order chi connectivity index (χ1) is 9.97. The summed E-state index contributed by atoms with van der Waals surface area (Å²) in [5, 5.41) is 9.16. The van der Waals surface area contributed by atoms with Gasteiger partial charge in [0.15, 0.2) is 0 Å². The molecule has 1 saturated carbocycles. The molecule has 0 aliphatic heterocycles. The van der Waals surface area contributed by atoms with Gasteiger partial charge in [-0.3, -0.25) is 0 Å². The molecule has 0 saturated heterocycles. The van der Waals surface area contributed by atoms with E-state index in [0.717, 1.165) is 18.4 Å². The van der Waals surface area contributed by atoms with Crippen LogP contribution in [0.5, 0.6) is 0 Å². The van der Waals surface area contributed by atoms with Crippen LogP contribution in [0, 0.1) is 0 Å². The molecule has 3 N–H and O–H groups in total. The summed E-state index contributed by atoms with van der Waals surface area (Å²) in [6, 6.07) is 3.07. The van der Waals surface area contributed by atoms with Crippen LogP contribution in [-0.2, 0) is 16.6 Å². The summed E-state index contributed by atoms with van der Waals surface area (Å²) < 4.78 is 28.5. The molecule has 1 aliphatic carbocycles. The Morgan fingerprint density at radius 1 is 1.48 bits per heavy atom. The number of carboxylic acids is 1. The Morgan fingerprint density at radius 2 is 2.24 bits per heavy atom. The van der Waals surface area contributed by atoms with E-state index >= 15 is 0 Å². The van der Waals surface area contributed by atoms with Gasteiger partial charge in [0.1, 0.15) is 10.6 Å². The van der Waals surface area contributed by atoms with Gasteiger partial charge >= 0.3 is 5.97 Å². The Balaban J connectivity index is 1.84. The van der Waals surface area contributed by atoms with E-state index in [0.29, 0.717) is 0 Å². The maximum absolute atomic E-state index is 12.2. The average molecular weight is 309 g/mol. The zero-order valence-corrected chi connectivity index (χ0v) is 11.9. The van der Waals surface area contributed by atoms with Gasteiger partial charge in [-0.2, -0.15) is 0 Å². The highest BCUT2D eigenvalue weighted by Gasteiger charge is 2.30. The highest BCUT2D eigenvalue weighted by molar-refractivity contribution is 7.89. The summed E-state index contributed by atoms with van der Waals surface area (Å²) in [5.41, 5.74) is 0.818. The van der Waals surface area contributed by atoms with Crippen LogP contribution in [0.3, 0.4) is 0 Å². The predicted molar refractivity (Wildman–Crippen MR) is 74.5 cm³/mol. The maximum atomic E-state index is 12.2. The van der Waals surface area contributed by atoms with Crippen LogP contribution < -0.4 is 4.72 Å². The number of carboxylic acid groups (broad SMARTS) is 1. The minimum Gasteiger partial charge on any atom is -0.477 e. The molecular weight excluding hydrogens is 294 g/mol. The molecule has 0 amide bonds. The molecule has 3 rings (SSSR count). The first-order valence-corrected chi connectivity index (χ1v) is 8.02. The first kappa shape index (κ1) is 13.9. The Morgan fingerprint density at radius 3 is 2.81 bits per heavy atom. The van der Waals surface area contributed by atoms with Crippen LogP contribution in [0.1, 0.15) is 34.9 Å². The van der Waals surface area contributed by atoms with Gasteiger partial charge in [-0.15, -0.1) is 0 Å². The lowest BCUT2D eigenvalue weighted by Crippen LogP contribution is -2.22. The van der Waals surface area contributed by atoms with E-state index in [9.17, 15) is 13.2 Å². The van der Waals surface area contributed by atoms with Gasteiger partial charge in [0.2, 0.25) is 10.0 Å². The van der Waals surface area contributed by atoms with E-state index in [2.05, 4.69) is 9.71 Å². The fourth-order valence-electron chi connectivity index (χ4n) is 2.16. The smallest absolute Gasteiger partial charge is 0.352 e. The van der Waals surface area contributed by atoms with Crippen molar-refractivity contribution < 1.29 is 18.3 Å².